The first-order valence-corrected chi connectivity index (χ1v) is 6.26. The third-order valence-electron chi connectivity index (χ3n) is 3.14. The number of carbonyl (C=O) groups is 2. The number of amides is 2. The van der Waals surface area contributed by atoms with Crippen LogP contribution in [0.1, 0.15) is 6.42 Å². The van der Waals surface area contributed by atoms with Crippen molar-refractivity contribution in [2.24, 2.45) is 5.92 Å². The standard InChI is InChI=1S/C13H11F5N2O2/c14-9-2-1-8(4-10(9)15)19-12(22)7-3-11(21)20(5-7)6-13(16,17)18/h1-2,4,7H,3,5-6H2,(H,19,22)/t7-/m0/s1. The molecular weight excluding hydrogens is 311 g/mol. The van der Waals surface area contributed by atoms with Gasteiger partial charge in [0.05, 0.1) is 5.92 Å². The number of nitrogens with zero attached hydrogens (tertiary/aromatic N) is 1. The lowest BCUT2D eigenvalue weighted by Crippen LogP contribution is -2.36. The number of carbonyl (C=O) groups excluding carboxylic acids is 2. The molecule has 9 heteroatoms. The van der Waals surface area contributed by atoms with Crippen LogP contribution in [-0.2, 0) is 9.59 Å². The summed E-state index contributed by atoms with van der Waals surface area (Å²) < 4.78 is 62.6. The van der Waals surface area contributed by atoms with Crippen LogP contribution in [0.15, 0.2) is 18.2 Å². The van der Waals surface area contributed by atoms with E-state index in [9.17, 15) is 31.5 Å². The van der Waals surface area contributed by atoms with Crippen LogP contribution in [-0.4, -0.2) is 36.0 Å². The molecule has 22 heavy (non-hydrogen) atoms. The molecule has 0 spiro atoms. The molecule has 0 aromatic heterocycles. The molecule has 120 valence electrons. The van der Waals surface area contributed by atoms with Gasteiger partial charge in [-0.15, -0.1) is 0 Å². The number of likely N-dealkylation sites (tertiary alicyclic amines) is 1. The van der Waals surface area contributed by atoms with Gasteiger partial charge < -0.3 is 10.2 Å². The summed E-state index contributed by atoms with van der Waals surface area (Å²) in [5.74, 6) is -4.72. The number of hydrogen-bond acceptors (Lipinski definition) is 2. The first kappa shape index (κ1) is 16.2. The Balaban J connectivity index is 1.99. The summed E-state index contributed by atoms with van der Waals surface area (Å²) in [5, 5.41) is 2.25. The van der Waals surface area contributed by atoms with Gasteiger partial charge in [-0.25, -0.2) is 8.78 Å². The maximum absolute atomic E-state index is 13.0. The van der Waals surface area contributed by atoms with Gasteiger partial charge in [-0.1, -0.05) is 0 Å². The Kier molecular flexibility index (Phi) is 4.34. The smallest absolute Gasteiger partial charge is 0.333 e. The largest absolute Gasteiger partial charge is 0.406 e. The molecule has 1 aromatic carbocycles. The van der Waals surface area contributed by atoms with Gasteiger partial charge in [0.2, 0.25) is 11.8 Å². The SMILES string of the molecule is O=C(Nc1ccc(F)c(F)c1)[C@H]1CC(=O)N(CC(F)(F)F)C1. The quantitative estimate of drug-likeness (QED) is 0.868. The highest BCUT2D eigenvalue weighted by Crippen LogP contribution is 2.25. The predicted octanol–water partition coefficient (Wildman–Crippen LogP) is 2.31. The second kappa shape index (κ2) is 5.90. The molecule has 1 atom stereocenters. The number of benzene rings is 1. The highest BCUT2D eigenvalue weighted by Gasteiger charge is 2.40. The Morgan fingerprint density at radius 2 is 1.95 bits per heavy atom. The maximum Gasteiger partial charge on any atom is 0.406 e. The Hall–Kier alpha value is -2.19. The van der Waals surface area contributed by atoms with Crippen molar-refractivity contribution in [3.63, 3.8) is 0 Å². The summed E-state index contributed by atoms with van der Waals surface area (Å²) in [7, 11) is 0. The van der Waals surface area contributed by atoms with E-state index in [2.05, 4.69) is 5.32 Å². The van der Waals surface area contributed by atoms with E-state index in [1.165, 1.54) is 0 Å². The minimum Gasteiger partial charge on any atom is -0.333 e. The lowest BCUT2D eigenvalue weighted by Gasteiger charge is -2.18. The van der Waals surface area contributed by atoms with Gasteiger partial charge >= 0.3 is 6.18 Å². The van der Waals surface area contributed by atoms with Crippen molar-refractivity contribution >= 4 is 17.5 Å². The highest BCUT2D eigenvalue weighted by molar-refractivity contribution is 5.97. The van der Waals surface area contributed by atoms with Crippen molar-refractivity contribution in [3.8, 4) is 0 Å². The average molecular weight is 322 g/mol. The van der Waals surface area contributed by atoms with Gasteiger partial charge in [0.1, 0.15) is 6.54 Å². The Bertz CT molecular complexity index is 603. The molecule has 1 aliphatic heterocycles. The molecular formula is C13H11F5N2O2. The lowest BCUT2D eigenvalue weighted by atomic mass is 10.1. The van der Waals surface area contributed by atoms with E-state index in [0.29, 0.717) is 4.90 Å². The van der Waals surface area contributed by atoms with Crippen molar-refractivity contribution in [2.45, 2.75) is 12.6 Å². The van der Waals surface area contributed by atoms with Crippen LogP contribution < -0.4 is 5.32 Å². The molecule has 1 saturated heterocycles. The topological polar surface area (TPSA) is 49.4 Å². The monoisotopic (exact) mass is 322 g/mol. The van der Waals surface area contributed by atoms with Gasteiger partial charge in [0.15, 0.2) is 11.6 Å². The van der Waals surface area contributed by atoms with Crippen LogP contribution in [0.2, 0.25) is 0 Å². The van der Waals surface area contributed by atoms with E-state index in [4.69, 9.17) is 0 Å². The Morgan fingerprint density at radius 3 is 2.55 bits per heavy atom. The fourth-order valence-corrected chi connectivity index (χ4v) is 2.14. The molecule has 0 radical (unpaired) electrons. The van der Waals surface area contributed by atoms with Gasteiger partial charge in [-0.05, 0) is 12.1 Å². The molecule has 2 rings (SSSR count). The van der Waals surface area contributed by atoms with E-state index in [0.717, 1.165) is 18.2 Å². The van der Waals surface area contributed by atoms with Crippen molar-refractivity contribution in [2.75, 3.05) is 18.4 Å². The molecule has 0 saturated carbocycles. The predicted molar refractivity (Wildman–Crippen MR) is 65.7 cm³/mol. The van der Waals surface area contributed by atoms with E-state index in [-0.39, 0.29) is 18.7 Å². The third kappa shape index (κ3) is 3.92. The number of hydrogen-bond donors (Lipinski definition) is 1. The summed E-state index contributed by atoms with van der Waals surface area (Å²) >= 11 is 0. The van der Waals surface area contributed by atoms with Crippen LogP contribution >= 0.6 is 0 Å². The van der Waals surface area contributed by atoms with E-state index < -0.39 is 42.1 Å². The molecule has 1 fully saturated rings. The Labute approximate surface area is 121 Å². The number of halogens is 5. The summed E-state index contributed by atoms with van der Waals surface area (Å²) in [5.41, 5.74) is -0.0365. The summed E-state index contributed by atoms with van der Waals surface area (Å²) in [6.45, 7) is -1.78. The van der Waals surface area contributed by atoms with Gasteiger partial charge in [-0.3, -0.25) is 9.59 Å². The average Bonchev–Trinajstić information content (AvgIpc) is 2.73. The second-order valence-corrected chi connectivity index (χ2v) is 4.91. The molecule has 1 N–H and O–H groups in total. The molecule has 0 aliphatic carbocycles. The van der Waals surface area contributed by atoms with Crippen LogP contribution in [0, 0.1) is 17.6 Å². The van der Waals surface area contributed by atoms with E-state index in [1.807, 2.05) is 0 Å². The van der Waals surface area contributed by atoms with Gasteiger partial charge in [0, 0.05) is 24.7 Å². The molecule has 1 aliphatic rings. The van der Waals surface area contributed by atoms with Gasteiger partial charge in [-0.2, -0.15) is 13.2 Å². The highest BCUT2D eigenvalue weighted by atomic mass is 19.4. The van der Waals surface area contributed by atoms with Crippen LogP contribution in [0.5, 0.6) is 0 Å². The normalized spacial score (nSPS) is 18.7. The first-order chi connectivity index (χ1) is 10.2. The van der Waals surface area contributed by atoms with E-state index >= 15 is 0 Å². The van der Waals surface area contributed by atoms with E-state index in [1.54, 1.807) is 0 Å². The minimum absolute atomic E-state index is 0.0365. The first-order valence-electron chi connectivity index (χ1n) is 6.26. The zero-order valence-corrected chi connectivity index (χ0v) is 11.1. The summed E-state index contributed by atoms with van der Waals surface area (Å²) in [6.07, 6.45) is -4.90. The molecule has 4 nitrogen and oxygen atoms in total. The van der Waals surface area contributed by atoms with Gasteiger partial charge in [0.25, 0.3) is 0 Å². The van der Waals surface area contributed by atoms with Crippen LogP contribution in [0.4, 0.5) is 27.6 Å². The molecule has 1 aromatic rings. The zero-order valence-electron chi connectivity index (χ0n) is 11.1. The van der Waals surface area contributed by atoms with Crippen LogP contribution in [0.3, 0.4) is 0 Å². The van der Waals surface area contributed by atoms with Crippen molar-refractivity contribution in [3.05, 3.63) is 29.8 Å². The maximum atomic E-state index is 13.0. The fraction of sp³-hybridized carbons (Fsp3) is 0.385. The second-order valence-electron chi connectivity index (χ2n) is 4.91. The zero-order chi connectivity index (χ0) is 16.5. The van der Waals surface area contributed by atoms with Crippen LogP contribution in [0.25, 0.3) is 0 Å². The molecule has 0 unspecified atom stereocenters. The Morgan fingerprint density at radius 1 is 1.27 bits per heavy atom. The van der Waals surface area contributed by atoms with Crippen molar-refractivity contribution in [1.29, 1.82) is 0 Å². The van der Waals surface area contributed by atoms with Crippen molar-refractivity contribution < 1.29 is 31.5 Å². The number of anilines is 1. The lowest BCUT2D eigenvalue weighted by molar-refractivity contribution is -0.157. The summed E-state index contributed by atoms with van der Waals surface area (Å²) in [6, 6.07) is 2.67. The fourth-order valence-electron chi connectivity index (χ4n) is 2.14. The van der Waals surface area contributed by atoms with Crippen molar-refractivity contribution in [1.82, 2.24) is 4.90 Å². The number of nitrogens with one attached hydrogen (secondary N) is 1. The molecule has 0 bridgehead atoms. The summed E-state index contributed by atoms with van der Waals surface area (Å²) in [4.78, 5) is 23.9. The minimum atomic E-state index is -4.54. The number of alkyl halides is 3. The molecule has 1 heterocycles. The molecule has 2 amide bonds. The number of rotatable bonds is 3. The third-order valence-corrected chi connectivity index (χ3v) is 3.14.